The van der Waals surface area contributed by atoms with Gasteiger partial charge in [-0.3, -0.25) is 0 Å². The van der Waals surface area contributed by atoms with Crippen LogP contribution in [0.1, 0.15) is 25.8 Å². The maximum atomic E-state index is 5.69. The molecular formula is C15H21NO. The van der Waals surface area contributed by atoms with Crippen molar-refractivity contribution in [2.45, 2.75) is 38.8 Å². The van der Waals surface area contributed by atoms with Crippen LogP contribution in [0.5, 0.6) is 0 Å². The highest BCUT2D eigenvalue weighted by Crippen LogP contribution is 2.46. The SMILES string of the molecule is COC1CN2c3ccccc3CCC2C1(C)C. The maximum Gasteiger partial charge on any atom is 0.0816 e. The van der Waals surface area contributed by atoms with Crippen molar-refractivity contribution in [1.82, 2.24) is 0 Å². The molecule has 1 saturated heterocycles. The number of fused-ring (bicyclic) bond motifs is 3. The van der Waals surface area contributed by atoms with E-state index in [1.54, 1.807) is 0 Å². The minimum absolute atomic E-state index is 0.252. The van der Waals surface area contributed by atoms with E-state index in [2.05, 4.69) is 43.0 Å². The molecule has 0 spiro atoms. The van der Waals surface area contributed by atoms with Gasteiger partial charge in [-0.1, -0.05) is 32.0 Å². The average Bonchev–Trinajstić information content (AvgIpc) is 2.61. The van der Waals surface area contributed by atoms with Crippen LogP contribution in [0.4, 0.5) is 5.69 Å². The van der Waals surface area contributed by atoms with Crippen molar-refractivity contribution in [3.05, 3.63) is 29.8 Å². The third-order valence-electron chi connectivity index (χ3n) is 4.70. The zero-order chi connectivity index (χ0) is 12.0. The van der Waals surface area contributed by atoms with Crippen LogP contribution in [0.3, 0.4) is 0 Å². The number of benzene rings is 1. The molecule has 2 heteroatoms. The first kappa shape index (κ1) is 11.1. The second-order valence-electron chi connectivity index (χ2n) is 5.88. The zero-order valence-electron chi connectivity index (χ0n) is 10.9. The third-order valence-corrected chi connectivity index (χ3v) is 4.70. The molecule has 1 fully saturated rings. The highest BCUT2D eigenvalue weighted by atomic mass is 16.5. The first-order valence-corrected chi connectivity index (χ1v) is 6.52. The van der Waals surface area contributed by atoms with E-state index < -0.39 is 0 Å². The zero-order valence-corrected chi connectivity index (χ0v) is 10.9. The van der Waals surface area contributed by atoms with Gasteiger partial charge in [0.1, 0.15) is 0 Å². The lowest BCUT2D eigenvalue weighted by atomic mass is 9.78. The van der Waals surface area contributed by atoms with E-state index in [9.17, 15) is 0 Å². The van der Waals surface area contributed by atoms with Gasteiger partial charge in [-0.25, -0.2) is 0 Å². The summed E-state index contributed by atoms with van der Waals surface area (Å²) in [5.41, 5.74) is 3.18. The van der Waals surface area contributed by atoms with E-state index in [0.717, 1.165) is 6.54 Å². The molecule has 0 radical (unpaired) electrons. The lowest BCUT2D eigenvalue weighted by Crippen LogP contribution is -2.41. The molecule has 3 rings (SSSR count). The molecule has 0 amide bonds. The standard InChI is InChI=1S/C15H21NO/c1-15(2)13-9-8-11-6-4-5-7-12(11)16(13)10-14(15)17-3/h4-7,13-14H,8-10H2,1-3H3. The highest BCUT2D eigenvalue weighted by Gasteiger charge is 2.49. The van der Waals surface area contributed by atoms with Crippen molar-refractivity contribution in [3.8, 4) is 0 Å². The van der Waals surface area contributed by atoms with Gasteiger partial charge < -0.3 is 9.64 Å². The van der Waals surface area contributed by atoms with E-state index in [1.807, 2.05) is 7.11 Å². The molecule has 0 saturated carbocycles. The Balaban J connectivity index is 2.01. The summed E-state index contributed by atoms with van der Waals surface area (Å²) in [5, 5.41) is 0. The Morgan fingerprint density at radius 3 is 2.82 bits per heavy atom. The van der Waals surface area contributed by atoms with E-state index in [4.69, 9.17) is 4.74 Å². The monoisotopic (exact) mass is 231 g/mol. The minimum atomic E-state index is 0.252. The average molecular weight is 231 g/mol. The summed E-state index contributed by atoms with van der Waals surface area (Å²) in [5.74, 6) is 0. The summed E-state index contributed by atoms with van der Waals surface area (Å²) in [7, 11) is 1.84. The molecule has 1 aromatic carbocycles. The Kier molecular flexibility index (Phi) is 2.44. The molecule has 2 aliphatic heterocycles. The van der Waals surface area contributed by atoms with E-state index in [1.165, 1.54) is 24.1 Å². The fourth-order valence-corrected chi connectivity index (χ4v) is 3.62. The number of para-hydroxylation sites is 1. The van der Waals surface area contributed by atoms with Gasteiger partial charge in [0.15, 0.2) is 0 Å². The summed E-state index contributed by atoms with van der Waals surface area (Å²) in [6.07, 6.45) is 2.81. The number of hydrogen-bond acceptors (Lipinski definition) is 2. The number of aryl methyl sites for hydroxylation is 1. The Morgan fingerprint density at radius 2 is 2.06 bits per heavy atom. The Morgan fingerprint density at radius 1 is 1.29 bits per heavy atom. The first-order chi connectivity index (χ1) is 8.14. The third kappa shape index (κ3) is 1.50. The van der Waals surface area contributed by atoms with Crippen molar-refractivity contribution in [2.75, 3.05) is 18.6 Å². The quantitative estimate of drug-likeness (QED) is 0.737. The van der Waals surface area contributed by atoms with Crippen LogP contribution in [-0.2, 0) is 11.2 Å². The van der Waals surface area contributed by atoms with Crippen LogP contribution >= 0.6 is 0 Å². The van der Waals surface area contributed by atoms with Crippen LogP contribution in [0.15, 0.2) is 24.3 Å². The topological polar surface area (TPSA) is 12.5 Å². The second kappa shape index (κ2) is 3.74. The largest absolute Gasteiger partial charge is 0.379 e. The van der Waals surface area contributed by atoms with Gasteiger partial charge >= 0.3 is 0 Å². The molecule has 2 aliphatic rings. The minimum Gasteiger partial charge on any atom is -0.379 e. The van der Waals surface area contributed by atoms with Gasteiger partial charge in [0.25, 0.3) is 0 Å². The molecule has 0 aliphatic carbocycles. The Hall–Kier alpha value is -1.02. The van der Waals surface area contributed by atoms with Crippen molar-refractivity contribution < 1.29 is 4.74 Å². The van der Waals surface area contributed by atoms with Crippen LogP contribution in [0.2, 0.25) is 0 Å². The molecule has 0 bridgehead atoms. The molecule has 2 nitrogen and oxygen atoms in total. The molecule has 17 heavy (non-hydrogen) atoms. The van der Waals surface area contributed by atoms with Gasteiger partial charge in [0.05, 0.1) is 6.10 Å². The number of hydrogen-bond donors (Lipinski definition) is 0. The molecule has 1 aromatic rings. The molecular weight excluding hydrogens is 210 g/mol. The smallest absolute Gasteiger partial charge is 0.0816 e. The van der Waals surface area contributed by atoms with E-state index in [-0.39, 0.29) is 5.41 Å². The maximum absolute atomic E-state index is 5.69. The Bertz CT molecular complexity index is 427. The lowest BCUT2D eigenvalue weighted by molar-refractivity contribution is 0.0313. The van der Waals surface area contributed by atoms with Crippen molar-refractivity contribution >= 4 is 5.69 Å². The number of anilines is 1. The van der Waals surface area contributed by atoms with Gasteiger partial charge in [-0.2, -0.15) is 0 Å². The molecule has 2 heterocycles. The van der Waals surface area contributed by atoms with Crippen LogP contribution in [0, 0.1) is 5.41 Å². The van der Waals surface area contributed by atoms with Crippen molar-refractivity contribution in [2.24, 2.45) is 5.41 Å². The summed E-state index contributed by atoms with van der Waals surface area (Å²) in [6, 6.07) is 9.44. The molecule has 92 valence electrons. The summed E-state index contributed by atoms with van der Waals surface area (Å²) in [6.45, 7) is 5.73. The van der Waals surface area contributed by atoms with Gasteiger partial charge in [0.2, 0.25) is 0 Å². The molecule has 2 atom stereocenters. The molecule has 2 unspecified atom stereocenters. The van der Waals surface area contributed by atoms with E-state index >= 15 is 0 Å². The number of methoxy groups -OCH3 is 1. The van der Waals surface area contributed by atoms with Gasteiger partial charge in [-0.15, -0.1) is 0 Å². The number of ether oxygens (including phenoxy) is 1. The van der Waals surface area contributed by atoms with Crippen LogP contribution < -0.4 is 4.90 Å². The molecule has 0 N–H and O–H groups in total. The summed E-state index contributed by atoms with van der Waals surface area (Å²) >= 11 is 0. The first-order valence-electron chi connectivity index (χ1n) is 6.52. The second-order valence-corrected chi connectivity index (χ2v) is 5.88. The highest BCUT2D eigenvalue weighted by molar-refractivity contribution is 5.58. The predicted molar refractivity (Wildman–Crippen MR) is 70.5 cm³/mol. The van der Waals surface area contributed by atoms with Crippen molar-refractivity contribution in [1.29, 1.82) is 0 Å². The van der Waals surface area contributed by atoms with Gasteiger partial charge in [0, 0.05) is 30.8 Å². The predicted octanol–water partition coefficient (Wildman–Crippen LogP) is 2.86. The van der Waals surface area contributed by atoms with E-state index in [0.29, 0.717) is 12.1 Å². The fraction of sp³-hybridized carbons (Fsp3) is 0.600. The van der Waals surface area contributed by atoms with Crippen LogP contribution in [-0.4, -0.2) is 25.8 Å². The summed E-state index contributed by atoms with van der Waals surface area (Å²) < 4.78 is 5.69. The Labute approximate surface area is 104 Å². The normalized spacial score (nSPS) is 29.9. The number of rotatable bonds is 1. The summed E-state index contributed by atoms with van der Waals surface area (Å²) in [4.78, 5) is 2.56. The fourth-order valence-electron chi connectivity index (χ4n) is 3.62. The van der Waals surface area contributed by atoms with Crippen molar-refractivity contribution in [3.63, 3.8) is 0 Å². The van der Waals surface area contributed by atoms with Gasteiger partial charge in [-0.05, 0) is 24.5 Å². The molecule has 0 aromatic heterocycles. The van der Waals surface area contributed by atoms with Crippen LogP contribution in [0.25, 0.3) is 0 Å². The number of nitrogens with zero attached hydrogens (tertiary/aromatic N) is 1. The lowest BCUT2D eigenvalue weighted by Gasteiger charge is -2.39.